The van der Waals surface area contributed by atoms with Crippen molar-refractivity contribution in [2.75, 3.05) is 0 Å². The van der Waals surface area contributed by atoms with Gasteiger partial charge < -0.3 is 9.09 Å². The summed E-state index contributed by atoms with van der Waals surface area (Å²) >= 11 is 6.02. The van der Waals surface area contributed by atoms with Gasteiger partial charge in [0.15, 0.2) is 0 Å². The van der Waals surface area contributed by atoms with Crippen LogP contribution in [0.4, 0.5) is 0 Å². The van der Waals surface area contributed by atoms with E-state index in [9.17, 15) is 0 Å². The lowest BCUT2D eigenvalue weighted by molar-refractivity contribution is 0.389. The summed E-state index contributed by atoms with van der Waals surface area (Å²) in [4.78, 5) is 4.05. The minimum absolute atomic E-state index is 0.526. The van der Waals surface area contributed by atoms with Crippen LogP contribution in [0.15, 0.2) is 35.1 Å². The van der Waals surface area contributed by atoms with Gasteiger partial charge in [0.25, 0.3) is 0 Å². The van der Waals surface area contributed by atoms with Crippen LogP contribution in [0.2, 0.25) is 5.15 Å². The van der Waals surface area contributed by atoms with Gasteiger partial charge in [-0.05, 0) is 19.1 Å². The summed E-state index contributed by atoms with van der Waals surface area (Å²) in [5, 5.41) is 5.45. The lowest BCUT2D eigenvalue weighted by Crippen LogP contribution is -1.97. The van der Waals surface area contributed by atoms with Gasteiger partial charge in [-0.2, -0.15) is 0 Å². The molecule has 0 atom stereocenters. The van der Waals surface area contributed by atoms with Crippen LogP contribution in [0.3, 0.4) is 0 Å². The van der Waals surface area contributed by atoms with Crippen LogP contribution in [0, 0.1) is 6.92 Å². The summed E-state index contributed by atoms with van der Waals surface area (Å²) in [6, 6.07) is 5.82. The highest BCUT2D eigenvalue weighted by molar-refractivity contribution is 6.34. The van der Waals surface area contributed by atoms with E-state index in [4.69, 9.17) is 16.1 Å². The van der Waals surface area contributed by atoms with E-state index in [1.54, 1.807) is 6.20 Å². The SMILES string of the molecule is Cc1cc(Cn2ccc3c(Cl)nccc32)no1. The van der Waals surface area contributed by atoms with Gasteiger partial charge in [0.1, 0.15) is 16.6 Å². The minimum Gasteiger partial charge on any atom is -0.361 e. The molecule has 3 aromatic rings. The van der Waals surface area contributed by atoms with Crippen LogP contribution >= 0.6 is 11.6 Å². The van der Waals surface area contributed by atoms with E-state index in [1.165, 1.54) is 0 Å². The molecule has 0 N–H and O–H groups in total. The zero-order valence-electron chi connectivity index (χ0n) is 9.22. The third kappa shape index (κ3) is 1.80. The molecular formula is C12H10ClN3O. The zero-order valence-corrected chi connectivity index (χ0v) is 9.98. The smallest absolute Gasteiger partial charge is 0.138 e. The molecule has 0 saturated heterocycles. The molecule has 0 amide bonds. The van der Waals surface area contributed by atoms with Crippen molar-refractivity contribution in [3.63, 3.8) is 0 Å². The molecule has 3 aromatic heterocycles. The van der Waals surface area contributed by atoms with Crippen LogP contribution in [0.25, 0.3) is 10.9 Å². The van der Waals surface area contributed by atoms with Crippen LogP contribution < -0.4 is 0 Å². The molecule has 0 bridgehead atoms. The summed E-state index contributed by atoms with van der Waals surface area (Å²) in [5.41, 5.74) is 1.94. The largest absolute Gasteiger partial charge is 0.361 e. The summed E-state index contributed by atoms with van der Waals surface area (Å²) in [6.45, 7) is 2.55. The first kappa shape index (κ1) is 10.4. The predicted octanol–water partition coefficient (Wildman–Crippen LogP) is 3.03. The van der Waals surface area contributed by atoms with Crippen LogP contribution in [0.5, 0.6) is 0 Å². The second-order valence-electron chi connectivity index (χ2n) is 3.91. The molecule has 0 fully saturated rings. The van der Waals surface area contributed by atoms with Crippen molar-refractivity contribution in [2.45, 2.75) is 13.5 Å². The highest BCUT2D eigenvalue weighted by Gasteiger charge is 2.07. The molecule has 3 rings (SSSR count). The average Bonchev–Trinajstić information content (AvgIpc) is 2.88. The number of nitrogens with zero attached hydrogens (tertiary/aromatic N) is 3. The number of fused-ring (bicyclic) bond motifs is 1. The van der Waals surface area contributed by atoms with Gasteiger partial charge >= 0.3 is 0 Å². The van der Waals surface area contributed by atoms with Gasteiger partial charge in [-0.1, -0.05) is 16.8 Å². The van der Waals surface area contributed by atoms with E-state index >= 15 is 0 Å². The van der Waals surface area contributed by atoms with Gasteiger partial charge in [-0.15, -0.1) is 0 Å². The molecule has 5 heteroatoms. The highest BCUT2D eigenvalue weighted by Crippen LogP contribution is 2.22. The molecule has 0 aliphatic heterocycles. The number of halogens is 1. The number of aryl methyl sites for hydroxylation is 1. The first-order valence-electron chi connectivity index (χ1n) is 5.25. The maximum atomic E-state index is 6.02. The molecule has 3 heterocycles. The molecule has 0 unspecified atom stereocenters. The van der Waals surface area contributed by atoms with Gasteiger partial charge in [0.2, 0.25) is 0 Å². The Labute approximate surface area is 103 Å². The van der Waals surface area contributed by atoms with Crippen LogP contribution in [-0.4, -0.2) is 14.7 Å². The van der Waals surface area contributed by atoms with E-state index in [1.807, 2.05) is 31.3 Å². The van der Waals surface area contributed by atoms with Crippen molar-refractivity contribution < 1.29 is 4.52 Å². The number of hydrogen-bond donors (Lipinski definition) is 0. The first-order valence-corrected chi connectivity index (χ1v) is 5.63. The fourth-order valence-electron chi connectivity index (χ4n) is 1.89. The van der Waals surface area contributed by atoms with Gasteiger partial charge in [-0.3, -0.25) is 0 Å². The Balaban J connectivity index is 2.04. The molecule has 17 heavy (non-hydrogen) atoms. The standard InChI is InChI=1S/C12H10ClN3O/c1-8-6-9(15-17-8)7-16-5-3-10-11(16)2-4-14-12(10)13/h2-6H,7H2,1H3. The first-order chi connectivity index (χ1) is 8.24. The Morgan fingerprint density at radius 2 is 2.29 bits per heavy atom. The van der Waals surface area contributed by atoms with E-state index in [2.05, 4.69) is 14.7 Å². The Hall–Kier alpha value is -1.81. The van der Waals surface area contributed by atoms with Crippen LogP contribution in [0.1, 0.15) is 11.5 Å². The van der Waals surface area contributed by atoms with Crippen molar-refractivity contribution in [1.82, 2.24) is 14.7 Å². The van der Waals surface area contributed by atoms with E-state index in [0.717, 1.165) is 22.4 Å². The number of rotatable bonds is 2. The Kier molecular flexibility index (Phi) is 2.37. The number of aromatic nitrogens is 3. The Bertz CT molecular complexity index is 671. The van der Waals surface area contributed by atoms with Crippen LogP contribution in [-0.2, 0) is 6.54 Å². The molecule has 0 aliphatic carbocycles. The number of pyridine rings is 1. The zero-order chi connectivity index (χ0) is 11.8. The molecular weight excluding hydrogens is 238 g/mol. The molecule has 0 saturated carbocycles. The Morgan fingerprint density at radius 3 is 3.06 bits per heavy atom. The lowest BCUT2D eigenvalue weighted by atomic mass is 10.3. The van der Waals surface area contributed by atoms with Crippen molar-refractivity contribution >= 4 is 22.5 Å². The third-order valence-electron chi connectivity index (χ3n) is 2.66. The maximum Gasteiger partial charge on any atom is 0.138 e. The van der Waals surface area contributed by atoms with Gasteiger partial charge in [-0.25, -0.2) is 4.98 Å². The summed E-state index contributed by atoms with van der Waals surface area (Å²) in [7, 11) is 0. The number of hydrogen-bond acceptors (Lipinski definition) is 3. The molecule has 4 nitrogen and oxygen atoms in total. The quantitative estimate of drug-likeness (QED) is 0.654. The normalized spacial score (nSPS) is 11.2. The summed E-state index contributed by atoms with van der Waals surface area (Å²) in [5.74, 6) is 0.816. The van der Waals surface area contributed by atoms with Crippen molar-refractivity contribution in [2.24, 2.45) is 0 Å². The highest BCUT2D eigenvalue weighted by atomic mass is 35.5. The van der Waals surface area contributed by atoms with Crippen molar-refractivity contribution in [1.29, 1.82) is 0 Å². The summed E-state index contributed by atoms with van der Waals surface area (Å²) < 4.78 is 7.12. The fourth-order valence-corrected chi connectivity index (χ4v) is 2.11. The molecule has 0 aliphatic rings. The monoisotopic (exact) mass is 247 g/mol. The molecule has 0 aromatic carbocycles. The fraction of sp³-hybridized carbons (Fsp3) is 0.167. The van der Waals surface area contributed by atoms with Gasteiger partial charge in [0, 0.05) is 23.8 Å². The van der Waals surface area contributed by atoms with E-state index in [-0.39, 0.29) is 0 Å². The molecule has 86 valence electrons. The lowest BCUT2D eigenvalue weighted by Gasteiger charge is -2.01. The third-order valence-corrected chi connectivity index (χ3v) is 2.96. The summed E-state index contributed by atoms with van der Waals surface area (Å²) in [6.07, 6.45) is 3.68. The minimum atomic E-state index is 0.526. The molecule has 0 radical (unpaired) electrons. The maximum absolute atomic E-state index is 6.02. The Morgan fingerprint density at radius 1 is 1.41 bits per heavy atom. The van der Waals surface area contributed by atoms with E-state index < -0.39 is 0 Å². The molecule has 0 spiro atoms. The van der Waals surface area contributed by atoms with Crippen molar-refractivity contribution in [3.05, 3.63) is 47.2 Å². The second-order valence-corrected chi connectivity index (χ2v) is 4.27. The van der Waals surface area contributed by atoms with Gasteiger partial charge in [0.05, 0.1) is 12.1 Å². The second kappa shape index (κ2) is 3.89. The van der Waals surface area contributed by atoms with E-state index in [0.29, 0.717) is 11.7 Å². The topological polar surface area (TPSA) is 43.9 Å². The predicted molar refractivity (Wildman–Crippen MR) is 65.1 cm³/mol. The average molecular weight is 248 g/mol. The van der Waals surface area contributed by atoms with Crippen molar-refractivity contribution in [3.8, 4) is 0 Å².